The number of hydrogen-bond donors (Lipinski definition) is 1. The summed E-state index contributed by atoms with van der Waals surface area (Å²) in [7, 11) is 0. The number of piperidine rings is 1. The number of carbonyl (C=O) groups excluding carboxylic acids is 2. The summed E-state index contributed by atoms with van der Waals surface area (Å²) in [6.07, 6.45) is 5.50. The third kappa shape index (κ3) is 5.87. The Morgan fingerprint density at radius 1 is 1.00 bits per heavy atom. The van der Waals surface area contributed by atoms with E-state index in [0.29, 0.717) is 25.9 Å². The summed E-state index contributed by atoms with van der Waals surface area (Å²) in [4.78, 5) is 29.4. The zero-order chi connectivity index (χ0) is 21.5. The standard InChI is InChI=1S/C26H33N3O2/c30-25-14-13-23(20-29(25)17-7-11-21-8-2-1-3-9-21)26(31)27-19-22-10-6-12-24(18-22)28-15-4-5-16-28/h1-3,6,8-10,12,18,23H,4-5,7,11,13-17,19-20H2,(H,27,31). The van der Waals surface area contributed by atoms with Crippen LogP contribution in [0.4, 0.5) is 5.69 Å². The molecule has 2 saturated heterocycles. The second kappa shape index (κ2) is 10.5. The van der Waals surface area contributed by atoms with E-state index in [0.717, 1.165) is 38.0 Å². The molecule has 1 N–H and O–H groups in total. The molecule has 2 amide bonds. The molecule has 0 saturated carbocycles. The van der Waals surface area contributed by atoms with Crippen molar-refractivity contribution in [1.29, 1.82) is 0 Å². The van der Waals surface area contributed by atoms with Gasteiger partial charge in [-0.1, -0.05) is 42.5 Å². The second-order valence-corrected chi connectivity index (χ2v) is 8.75. The van der Waals surface area contributed by atoms with Crippen molar-refractivity contribution in [1.82, 2.24) is 10.2 Å². The van der Waals surface area contributed by atoms with Gasteiger partial charge in [0.1, 0.15) is 0 Å². The van der Waals surface area contributed by atoms with Crippen LogP contribution in [0.5, 0.6) is 0 Å². The lowest BCUT2D eigenvalue weighted by Gasteiger charge is -2.32. The maximum absolute atomic E-state index is 12.8. The third-order valence-electron chi connectivity index (χ3n) is 6.46. The number of benzene rings is 2. The first-order valence-electron chi connectivity index (χ1n) is 11.6. The molecule has 1 atom stereocenters. The van der Waals surface area contributed by atoms with Crippen LogP contribution in [0, 0.1) is 5.92 Å². The van der Waals surface area contributed by atoms with E-state index in [1.165, 1.54) is 24.1 Å². The van der Waals surface area contributed by atoms with Crippen LogP contribution in [0.15, 0.2) is 54.6 Å². The molecule has 0 radical (unpaired) electrons. The van der Waals surface area contributed by atoms with E-state index in [4.69, 9.17) is 0 Å². The number of rotatable bonds is 8. The molecule has 1 unspecified atom stereocenters. The number of anilines is 1. The number of likely N-dealkylation sites (tertiary alicyclic amines) is 1. The maximum atomic E-state index is 12.8. The fraction of sp³-hybridized carbons (Fsp3) is 0.462. The minimum absolute atomic E-state index is 0.0622. The highest BCUT2D eigenvalue weighted by Gasteiger charge is 2.29. The fourth-order valence-electron chi connectivity index (χ4n) is 4.64. The van der Waals surface area contributed by atoms with Gasteiger partial charge in [0.2, 0.25) is 11.8 Å². The lowest BCUT2D eigenvalue weighted by Crippen LogP contribution is -2.46. The third-order valence-corrected chi connectivity index (χ3v) is 6.46. The summed E-state index contributed by atoms with van der Waals surface area (Å²) >= 11 is 0. The molecule has 0 spiro atoms. The van der Waals surface area contributed by atoms with Crippen molar-refractivity contribution in [2.45, 2.75) is 45.1 Å². The molecule has 2 aliphatic rings. The number of nitrogens with one attached hydrogen (secondary N) is 1. The summed E-state index contributed by atoms with van der Waals surface area (Å²) < 4.78 is 0. The first-order chi connectivity index (χ1) is 15.2. The number of aryl methyl sites for hydroxylation is 1. The van der Waals surface area contributed by atoms with Crippen molar-refractivity contribution < 1.29 is 9.59 Å². The molecule has 2 aromatic carbocycles. The monoisotopic (exact) mass is 419 g/mol. The Morgan fingerprint density at radius 2 is 1.77 bits per heavy atom. The van der Waals surface area contributed by atoms with Gasteiger partial charge in [-0.25, -0.2) is 0 Å². The van der Waals surface area contributed by atoms with Crippen molar-refractivity contribution in [2.75, 3.05) is 31.1 Å². The molecular formula is C26H33N3O2. The molecule has 2 aromatic rings. The van der Waals surface area contributed by atoms with E-state index >= 15 is 0 Å². The van der Waals surface area contributed by atoms with Gasteiger partial charge in [0.15, 0.2) is 0 Å². The summed E-state index contributed by atoms with van der Waals surface area (Å²) in [5, 5.41) is 3.11. The van der Waals surface area contributed by atoms with Crippen LogP contribution in [0.3, 0.4) is 0 Å². The maximum Gasteiger partial charge on any atom is 0.225 e. The number of nitrogens with zero attached hydrogens (tertiary/aromatic N) is 2. The van der Waals surface area contributed by atoms with Crippen molar-refractivity contribution in [2.24, 2.45) is 5.92 Å². The molecule has 5 nitrogen and oxygen atoms in total. The molecule has 164 valence electrons. The molecular weight excluding hydrogens is 386 g/mol. The van der Waals surface area contributed by atoms with E-state index in [9.17, 15) is 9.59 Å². The summed E-state index contributed by atoms with van der Waals surface area (Å²) in [5.41, 5.74) is 3.67. The van der Waals surface area contributed by atoms with Gasteiger partial charge in [-0.05, 0) is 55.4 Å². The fourth-order valence-corrected chi connectivity index (χ4v) is 4.64. The van der Waals surface area contributed by atoms with Crippen molar-refractivity contribution in [3.63, 3.8) is 0 Å². The van der Waals surface area contributed by atoms with E-state index in [-0.39, 0.29) is 17.7 Å². The predicted molar refractivity (Wildman–Crippen MR) is 124 cm³/mol. The van der Waals surface area contributed by atoms with E-state index < -0.39 is 0 Å². The first-order valence-corrected chi connectivity index (χ1v) is 11.6. The van der Waals surface area contributed by atoms with Crippen LogP contribution in [0.1, 0.15) is 43.2 Å². The lowest BCUT2D eigenvalue weighted by molar-refractivity contribution is -0.138. The quantitative estimate of drug-likeness (QED) is 0.709. The van der Waals surface area contributed by atoms with Gasteiger partial charge in [-0.3, -0.25) is 9.59 Å². The molecule has 2 heterocycles. The number of carbonyl (C=O) groups is 2. The van der Waals surface area contributed by atoms with Gasteiger partial charge in [0.05, 0.1) is 5.92 Å². The molecule has 5 heteroatoms. The Kier molecular flexibility index (Phi) is 7.23. The van der Waals surface area contributed by atoms with E-state index in [1.807, 2.05) is 23.1 Å². The highest BCUT2D eigenvalue weighted by atomic mass is 16.2. The Balaban J connectivity index is 1.25. The molecule has 2 aliphatic heterocycles. The topological polar surface area (TPSA) is 52.7 Å². The van der Waals surface area contributed by atoms with Gasteiger partial charge in [0.25, 0.3) is 0 Å². The summed E-state index contributed by atoms with van der Waals surface area (Å²) in [6.45, 7) is 4.03. The van der Waals surface area contributed by atoms with Crippen molar-refractivity contribution in [3.8, 4) is 0 Å². The average molecular weight is 420 g/mol. The summed E-state index contributed by atoms with van der Waals surface area (Å²) in [5.74, 6) is 0.124. The average Bonchev–Trinajstić information content (AvgIpc) is 3.35. The highest BCUT2D eigenvalue weighted by molar-refractivity contribution is 5.83. The lowest BCUT2D eigenvalue weighted by atomic mass is 9.96. The molecule has 2 fully saturated rings. The molecule has 0 aliphatic carbocycles. The van der Waals surface area contributed by atoms with E-state index in [2.05, 4.69) is 46.6 Å². The highest BCUT2D eigenvalue weighted by Crippen LogP contribution is 2.22. The smallest absolute Gasteiger partial charge is 0.225 e. The zero-order valence-corrected chi connectivity index (χ0v) is 18.3. The first kappa shape index (κ1) is 21.4. The Morgan fingerprint density at radius 3 is 2.58 bits per heavy atom. The zero-order valence-electron chi connectivity index (χ0n) is 18.3. The van der Waals surface area contributed by atoms with E-state index in [1.54, 1.807) is 0 Å². The SMILES string of the molecule is O=C(NCc1cccc(N2CCCC2)c1)C1CCC(=O)N(CCCc2ccccc2)C1. The van der Waals surface area contributed by atoms with Crippen LogP contribution in [0.2, 0.25) is 0 Å². The van der Waals surface area contributed by atoms with Crippen LogP contribution in [0.25, 0.3) is 0 Å². The number of amides is 2. The largest absolute Gasteiger partial charge is 0.372 e. The molecule has 4 rings (SSSR count). The molecule has 0 bridgehead atoms. The van der Waals surface area contributed by atoms with Crippen LogP contribution in [-0.2, 0) is 22.6 Å². The van der Waals surface area contributed by atoms with Gasteiger partial charge in [0, 0.05) is 44.8 Å². The summed E-state index contributed by atoms with van der Waals surface area (Å²) in [6, 6.07) is 18.8. The minimum atomic E-state index is -0.115. The predicted octanol–water partition coefficient (Wildman–Crippen LogP) is 3.77. The van der Waals surface area contributed by atoms with Crippen LogP contribution in [-0.4, -0.2) is 42.9 Å². The minimum Gasteiger partial charge on any atom is -0.372 e. The molecule has 0 aromatic heterocycles. The van der Waals surface area contributed by atoms with Gasteiger partial charge in [-0.15, -0.1) is 0 Å². The van der Waals surface area contributed by atoms with Gasteiger partial charge < -0.3 is 15.1 Å². The van der Waals surface area contributed by atoms with Crippen LogP contribution < -0.4 is 10.2 Å². The Bertz CT molecular complexity index is 877. The van der Waals surface area contributed by atoms with Gasteiger partial charge in [-0.2, -0.15) is 0 Å². The molecule has 31 heavy (non-hydrogen) atoms. The van der Waals surface area contributed by atoms with Gasteiger partial charge >= 0.3 is 0 Å². The Hall–Kier alpha value is -2.82. The number of hydrogen-bond acceptors (Lipinski definition) is 3. The van der Waals surface area contributed by atoms with Crippen LogP contribution >= 0.6 is 0 Å². The van der Waals surface area contributed by atoms with Crippen molar-refractivity contribution >= 4 is 17.5 Å². The Labute approximate surface area is 185 Å². The second-order valence-electron chi connectivity index (χ2n) is 8.75. The van der Waals surface area contributed by atoms with Crippen molar-refractivity contribution in [3.05, 3.63) is 65.7 Å². The normalized spacial score (nSPS) is 19.0.